The van der Waals surface area contributed by atoms with Gasteiger partial charge in [0.1, 0.15) is 6.29 Å². The van der Waals surface area contributed by atoms with Crippen LogP contribution >= 0.6 is 0 Å². The van der Waals surface area contributed by atoms with E-state index in [2.05, 4.69) is 12.2 Å². The molecule has 0 saturated heterocycles. The Balaban J connectivity index is 3.83. The van der Waals surface area contributed by atoms with Gasteiger partial charge in [-0.3, -0.25) is 16.0 Å². The van der Waals surface area contributed by atoms with Crippen molar-refractivity contribution < 1.29 is 0 Å². The Morgan fingerprint density at radius 2 is 2.15 bits per heavy atom. The minimum Gasteiger partial charge on any atom is -0.370 e. The molecule has 0 bridgehead atoms. The molecule has 0 aromatic heterocycles. The van der Waals surface area contributed by atoms with Gasteiger partial charge in [0.25, 0.3) is 0 Å². The van der Waals surface area contributed by atoms with Crippen LogP contribution in [0.4, 0.5) is 0 Å². The first-order chi connectivity index (χ1) is 6.11. The number of hydrogen-bond acceptors (Lipinski definition) is 3. The van der Waals surface area contributed by atoms with E-state index in [1.54, 1.807) is 0 Å². The van der Waals surface area contributed by atoms with Crippen molar-refractivity contribution in [1.29, 1.82) is 5.41 Å². The van der Waals surface area contributed by atoms with Gasteiger partial charge < -0.3 is 11.1 Å². The molecule has 0 aromatic rings. The van der Waals surface area contributed by atoms with E-state index in [1.165, 1.54) is 0 Å². The summed E-state index contributed by atoms with van der Waals surface area (Å²) in [5.41, 5.74) is 10.9. The number of nitrogens with two attached hydrogens (primary N) is 2. The van der Waals surface area contributed by atoms with Crippen molar-refractivity contribution in [1.82, 2.24) is 10.2 Å². The van der Waals surface area contributed by atoms with Gasteiger partial charge in [-0.25, -0.2) is 0 Å². The second-order valence-electron chi connectivity index (χ2n) is 2.98. The van der Waals surface area contributed by atoms with E-state index in [4.69, 9.17) is 16.9 Å². The summed E-state index contributed by atoms with van der Waals surface area (Å²) in [6.45, 7) is 5.98. The zero-order chi connectivity index (χ0) is 10.3. The van der Waals surface area contributed by atoms with Gasteiger partial charge >= 0.3 is 0 Å². The largest absolute Gasteiger partial charge is 0.370 e. The normalized spacial score (nSPS) is 12.9. The molecular formula is C8H21N5. The Hall–Kier alpha value is -0.810. The molecule has 78 valence electrons. The van der Waals surface area contributed by atoms with Crippen molar-refractivity contribution in [2.24, 2.45) is 11.5 Å². The highest BCUT2D eigenvalue weighted by Gasteiger charge is 2.10. The predicted octanol–water partition coefficient (Wildman–Crippen LogP) is -0.166. The fourth-order valence-electron chi connectivity index (χ4n) is 1.11. The summed E-state index contributed by atoms with van der Waals surface area (Å²) in [5, 5.41) is 9.70. The van der Waals surface area contributed by atoms with Crippen LogP contribution in [0.25, 0.3) is 0 Å². The van der Waals surface area contributed by atoms with Gasteiger partial charge in [0, 0.05) is 6.54 Å². The minimum absolute atomic E-state index is 0.0811. The van der Waals surface area contributed by atoms with Gasteiger partial charge in [0.05, 0.1) is 0 Å². The molecule has 13 heavy (non-hydrogen) atoms. The third kappa shape index (κ3) is 5.43. The fourth-order valence-corrected chi connectivity index (χ4v) is 1.11. The standard InChI is InChI=1S/C8H21N5/c1-3-5-6-13(4-2)8(11)12-7(9)10/h8H,3-6,11H2,1-2H3,(H4,9,10,12). The molecule has 0 aliphatic heterocycles. The number of nitrogens with zero attached hydrogens (tertiary/aromatic N) is 1. The molecule has 1 atom stereocenters. The van der Waals surface area contributed by atoms with Crippen molar-refractivity contribution in [2.45, 2.75) is 33.0 Å². The quantitative estimate of drug-likeness (QED) is 0.264. The van der Waals surface area contributed by atoms with E-state index in [0.717, 1.165) is 25.9 Å². The Labute approximate surface area is 80.0 Å². The van der Waals surface area contributed by atoms with Crippen LogP contribution in [0.3, 0.4) is 0 Å². The van der Waals surface area contributed by atoms with Crippen LogP contribution in [0.15, 0.2) is 0 Å². The number of unbranched alkanes of at least 4 members (excludes halogenated alkanes) is 1. The monoisotopic (exact) mass is 187 g/mol. The van der Waals surface area contributed by atoms with E-state index in [-0.39, 0.29) is 12.2 Å². The third-order valence-corrected chi connectivity index (χ3v) is 1.90. The van der Waals surface area contributed by atoms with Gasteiger partial charge in [-0.1, -0.05) is 20.3 Å². The van der Waals surface area contributed by atoms with Gasteiger partial charge in [-0.2, -0.15) is 0 Å². The van der Waals surface area contributed by atoms with Gasteiger partial charge in [0.2, 0.25) is 0 Å². The van der Waals surface area contributed by atoms with Crippen molar-refractivity contribution in [3.8, 4) is 0 Å². The van der Waals surface area contributed by atoms with Gasteiger partial charge in [0.15, 0.2) is 5.96 Å². The summed E-state index contributed by atoms with van der Waals surface area (Å²) < 4.78 is 0. The summed E-state index contributed by atoms with van der Waals surface area (Å²) in [4.78, 5) is 2.05. The van der Waals surface area contributed by atoms with Gasteiger partial charge in [-0.05, 0) is 13.0 Å². The molecule has 0 spiro atoms. The summed E-state index contributed by atoms with van der Waals surface area (Å²) in [5.74, 6) is -0.0811. The molecule has 1 unspecified atom stereocenters. The maximum atomic E-state index is 7.03. The van der Waals surface area contributed by atoms with Crippen LogP contribution < -0.4 is 16.8 Å². The number of rotatable bonds is 6. The smallest absolute Gasteiger partial charge is 0.187 e. The molecule has 5 nitrogen and oxygen atoms in total. The zero-order valence-electron chi connectivity index (χ0n) is 8.51. The lowest BCUT2D eigenvalue weighted by Crippen LogP contribution is -2.55. The van der Waals surface area contributed by atoms with Crippen molar-refractivity contribution in [3.63, 3.8) is 0 Å². The number of hydrogen-bond donors (Lipinski definition) is 4. The summed E-state index contributed by atoms with van der Waals surface area (Å²) in [6.07, 6.45) is 1.92. The molecule has 5 heteroatoms. The van der Waals surface area contributed by atoms with Crippen LogP contribution in [0.2, 0.25) is 0 Å². The Kier molecular flexibility index (Phi) is 6.26. The summed E-state index contributed by atoms with van der Waals surface area (Å²) in [7, 11) is 0. The molecule has 0 fully saturated rings. The van der Waals surface area contributed by atoms with E-state index < -0.39 is 0 Å². The maximum absolute atomic E-state index is 7.03. The molecule has 0 saturated carbocycles. The zero-order valence-corrected chi connectivity index (χ0v) is 8.51. The van der Waals surface area contributed by atoms with Crippen LogP contribution in [-0.4, -0.2) is 30.2 Å². The van der Waals surface area contributed by atoms with E-state index >= 15 is 0 Å². The number of guanidine groups is 1. The Morgan fingerprint density at radius 3 is 2.54 bits per heavy atom. The molecule has 0 rings (SSSR count). The Bertz CT molecular complexity index is 147. The van der Waals surface area contributed by atoms with Gasteiger partial charge in [-0.15, -0.1) is 0 Å². The molecule has 0 radical (unpaired) electrons. The average Bonchev–Trinajstić information content (AvgIpc) is 2.04. The maximum Gasteiger partial charge on any atom is 0.187 e. The Morgan fingerprint density at radius 1 is 1.54 bits per heavy atom. The van der Waals surface area contributed by atoms with Crippen molar-refractivity contribution >= 4 is 5.96 Å². The second-order valence-corrected chi connectivity index (χ2v) is 2.98. The molecule has 0 aromatic carbocycles. The fraction of sp³-hybridized carbons (Fsp3) is 0.875. The van der Waals surface area contributed by atoms with Crippen LogP contribution in [-0.2, 0) is 0 Å². The molecule has 0 aliphatic rings. The predicted molar refractivity (Wildman–Crippen MR) is 55.2 cm³/mol. The van der Waals surface area contributed by atoms with Crippen LogP contribution in [0.1, 0.15) is 26.7 Å². The average molecular weight is 187 g/mol. The molecular weight excluding hydrogens is 166 g/mol. The SMILES string of the molecule is CCCCN(CC)C(N)NC(=N)N. The highest BCUT2D eigenvalue weighted by atomic mass is 15.4. The molecule has 0 amide bonds. The van der Waals surface area contributed by atoms with Crippen LogP contribution in [0, 0.1) is 5.41 Å². The van der Waals surface area contributed by atoms with Crippen LogP contribution in [0.5, 0.6) is 0 Å². The highest BCUT2D eigenvalue weighted by molar-refractivity contribution is 5.74. The minimum atomic E-state index is -0.339. The lowest BCUT2D eigenvalue weighted by Gasteiger charge is -2.27. The first kappa shape index (κ1) is 12.2. The third-order valence-electron chi connectivity index (χ3n) is 1.90. The lowest BCUT2D eigenvalue weighted by atomic mass is 10.3. The summed E-state index contributed by atoms with van der Waals surface area (Å²) >= 11 is 0. The first-order valence-electron chi connectivity index (χ1n) is 4.72. The van der Waals surface area contributed by atoms with Crippen molar-refractivity contribution in [3.05, 3.63) is 0 Å². The number of nitrogens with one attached hydrogen (secondary N) is 2. The van der Waals surface area contributed by atoms with E-state index in [1.807, 2.05) is 11.8 Å². The molecule has 0 aliphatic carbocycles. The summed E-state index contributed by atoms with van der Waals surface area (Å²) in [6, 6.07) is 0. The van der Waals surface area contributed by atoms with E-state index in [9.17, 15) is 0 Å². The first-order valence-corrected chi connectivity index (χ1v) is 4.72. The van der Waals surface area contributed by atoms with E-state index in [0.29, 0.717) is 0 Å². The highest BCUT2D eigenvalue weighted by Crippen LogP contribution is 1.95. The lowest BCUT2D eigenvalue weighted by molar-refractivity contribution is 0.193. The molecule has 0 heterocycles. The van der Waals surface area contributed by atoms with Crippen molar-refractivity contribution in [2.75, 3.05) is 13.1 Å². The second kappa shape index (κ2) is 6.68. The molecule has 6 N–H and O–H groups in total. The topological polar surface area (TPSA) is 91.2 Å².